The average molecular weight is 225 g/mol. The minimum atomic E-state index is -0.255. The first-order valence-electron chi connectivity index (χ1n) is 5.35. The van der Waals surface area contributed by atoms with Gasteiger partial charge in [0.2, 0.25) is 5.95 Å². The van der Waals surface area contributed by atoms with Gasteiger partial charge in [0.05, 0.1) is 6.10 Å². The first-order chi connectivity index (χ1) is 7.63. The number of aliphatic hydroxyl groups is 1. The normalized spacial score (nSPS) is 12.2. The molecule has 90 valence electrons. The van der Waals surface area contributed by atoms with E-state index in [-0.39, 0.29) is 6.10 Å². The maximum Gasteiger partial charge on any atom is 0.239 e. The van der Waals surface area contributed by atoms with E-state index in [1.54, 1.807) is 13.1 Å². The van der Waals surface area contributed by atoms with Gasteiger partial charge in [-0.25, -0.2) is 10.8 Å². The Balaban J connectivity index is 2.46. The van der Waals surface area contributed by atoms with E-state index in [4.69, 9.17) is 10.9 Å². The molecule has 1 rings (SSSR count). The lowest BCUT2D eigenvalue weighted by atomic mass is 10.2. The number of nitrogens with one attached hydrogen (secondary N) is 2. The van der Waals surface area contributed by atoms with Crippen LogP contribution in [0, 0.1) is 6.92 Å². The first-order valence-corrected chi connectivity index (χ1v) is 5.35. The average Bonchev–Trinajstić information content (AvgIpc) is 2.26. The first kappa shape index (κ1) is 12.7. The summed E-state index contributed by atoms with van der Waals surface area (Å²) >= 11 is 0. The third kappa shape index (κ3) is 4.00. The molecule has 6 nitrogen and oxygen atoms in total. The van der Waals surface area contributed by atoms with Crippen LogP contribution in [0.5, 0.6) is 0 Å². The standard InChI is InChI=1S/C10H19N5O/c1-7-6-13-10(15-11)14-9(7)12-5-3-4-8(2)16/h6,8,16H,3-5,11H2,1-2H3,(H2,12,13,14,15). The summed E-state index contributed by atoms with van der Waals surface area (Å²) in [5, 5.41) is 12.3. The molecule has 1 aromatic rings. The number of aliphatic hydroxyl groups excluding tert-OH is 1. The smallest absolute Gasteiger partial charge is 0.239 e. The SMILES string of the molecule is Cc1cnc(NN)nc1NCCCC(C)O. The number of nitrogen functional groups attached to an aromatic ring is 1. The maximum atomic E-state index is 9.11. The number of hydrazine groups is 1. The Morgan fingerprint density at radius 3 is 2.94 bits per heavy atom. The maximum absolute atomic E-state index is 9.11. The van der Waals surface area contributed by atoms with Crippen molar-refractivity contribution in [3.05, 3.63) is 11.8 Å². The van der Waals surface area contributed by atoms with Gasteiger partial charge in [-0.05, 0) is 26.7 Å². The van der Waals surface area contributed by atoms with Crippen molar-refractivity contribution in [2.45, 2.75) is 32.8 Å². The molecule has 0 bridgehead atoms. The molecule has 0 radical (unpaired) electrons. The van der Waals surface area contributed by atoms with Gasteiger partial charge in [-0.15, -0.1) is 0 Å². The second-order valence-corrected chi connectivity index (χ2v) is 3.79. The largest absolute Gasteiger partial charge is 0.393 e. The van der Waals surface area contributed by atoms with Crippen molar-refractivity contribution in [1.82, 2.24) is 9.97 Å². The second kappa shape index (κ2) is 6.24. The number of hydrogen-bond acceptors (Lipinski definition) is 6. The fraction of sp³-hybridized carbons (Fsp3) is 0.600. The molecule has 1 unspecified atom stereocenters. The van der Waals surface area contributed by atoms with Crippen LogP contribution in [0.15, 0.2) is 6.20 Å². The number of aryl methyl sites for hydroxylation is 1. The van der Waals surface area contributed by atoms with Gasteiger partial charge in [0.15, 0.2) is 0 Å². The van der Waals surface area contributed by atoms with E-state index in [1.807, 2.05) is 6.92 Å². The van der Waals surface area contributed by atoms with Crippen LogP contribution < -0.4 is 16.6 Å². The fourth-order valence-electron chi connectivity index (χ4n) is 1.29. The van der Waals surface area contributed by atoms with Crippen molar-refractivity contribution in [2.75, 3.05) is 17.3 Å². The Morgan fingerprint density at radius 1 is 1.56 bits per heavy atom. The summed E-state index contributed by atoms with van der Waals surface area (Å²) in [6.07, 6.45) is 3.12. The van der Waals surface area contributed by atoms with Crippen LogP contribution in [-0.2, 0) is 0 Å². The molecular formula is C10H19N5O. The van der Waals surface area contributed by atoms with Gasteiger partial charge in [0.1, 0.15) is 5.82 Å². The zero-order valence-electron chi connectivity index (χ0n) is 9.70. The van der Waals surface area contributed by atoms with E-state index < -0.39 is 0 Å². The molecule has 1 atom stereocenters. The summed E-state index contributed by atoms with van der Waals surface area (Å²) < 4.78 is 0. The molecule has 0 saturated heterocycles. The highest BCUT2D eigenvalue weighted by Crippen LogP contribution is 2.11. The lowest BCUT2D eigenvalue weighted by Crippen LogP contribution is -2.13. The van der Waals surface area contributed by atoms with E-state index in [0.717, 1.165) is 30.8 Å². The van der Waals surface area contributed by atoms with Gasteiger partial charge in [-0.3, -0.25) is 5.43 Å². The predicted molar refractivity (Wildman–Crippen MR) is 64.0 cm³/mol. The quantitative estimate of drug-likeness (QED) is 0.322. The van der Waals surface area contributed by atoms with Gasteiger partial charge in [-0.2, -0.15) is 4.98 Å². The van der Waals surface area contributed by atoms with Crippen LogP contribution in [0.4, 0.5) is 11.8 Å². The number of nitrogens with two attached hydrogens (primary N) is 1. The van der Waals surface area contributed by atoms with Crippen molar-refractivity contribution in [3.8, 4) is 0 Å². The van der Waals surface area contributed by atoms with Crippen LogP contribution in [0.3, 0.4) is 0 Å². The van der Waals surface area contributed by atoms with Gasteiger partial charge in [0.25, 0.3) is 0 Å². The van der Waals surface area contributed by atoms with Gasteiger partial charge in [-0.1, -0.05) is 0 Å². The highest BCUT2D eigenvalue weighted by Gasteiger charge is 2.02. The van der Waals surface area contributed by atoms with Crippen LogP contribution in [0.2, 0.25) is 0 Å². The van der Waals surface area contributed by atoms with Crippen molar-refractivity contribution < 1.29 is 5.11 Å². The molecule has 0 amide bonds. The molecule has 0 aliphatic rings. The van der Waals surface area contributed by atoms with Crippen molar-refractivity contribution in [1.29, 1.82) is 0 Å². The van der Waals surface area contributed by atoms with E-state index in [2.05, 4.69) is 20.7 Å². The lowest BCUT2D eigenvalue weighted by molar-refractivity contribution is 0.183. The van der Waals surface area contributed by atoms with Crippen molar-refractivity contribution in [2.24, 2.45) is 5.84 Å². The molecule has 0 aromatic carbocycles. The molecule has 1 aromatic heterocycles. The highest BCUT2D eigenvalue weighted by atomic mass is 16.3. The van der Waals surface area contributed by atoms with E-state index in [9.17, 15) is 0 Å². The summed E-state index contributed by atoms with van der Waals surface area (Å²) in [5.74, 6) is 6.39. The summed E-state index contributed by atoms with van der Waals surface area (Å²) in [6.45, 7) is 4.48. The number of hydrogen-bond donors (Lipinski definition) is 4. The molecule has 0 aliphatic heterocycles. The summed E-state index contributed by atoms with van der Waals surface area (Å²) in [7, 11) is 0. The number of nitrogens with zero attached hydrogens (tertiary/aromatic N) is 2. The van der Waals surface area contributed by atoms with Gasteiger partial charge < -0.3 is 10.4 Å². The Hall–Kier alpha value is -1.40. The molecule has 16 heavy (non-hydrogen) atoms. The molecule has 0 fully saturated rings. The summed E-state index contributed by atoms with van der Waals surface area (Å²) in [4.78, 5) is 8.17. The molecule has 0 saturated carbocycles. The number of aromatic nitrogens is 2. The Bertz CT molecular complexity index is 329. The Morgan fingerprint density at radius 2 is 2.31 bits per heavy atom. The van der Waals surface area contributed by atoms with Gasteiger partial charge in [0, 0.05) is 18.3 Å². The predicted octanol–water partition coefficient (Wildman–Crippen LogP) is 0.644. The zero-order valence-corrected chi connectivity index (χ0v) is 9.70. The minimum Gasteiger partial charge on any atom is -0.393 e. The van der Waals surface area contributed by atoms with Gasteiger partial charge >= 0.3 is 0 Å². The number of anilines is 2. The lowest BCUT2D eigenvalue weighted by Gasteiger charge is -2.10. The molecule has 5 N–H and O–H groups in total. The third-order valence-corrected chi connectivity index (χ3v) is 2.19. The van der Waals surface area contributed by atoms with E-state index in [0.29, 0.717) is 5.95 Å². The van der Waals surface area contributed by atoms with Crippen LogP contribution in [-0.4, -0.2) is 27.7 Å². The molecule has 1 heterocycles. The minimum absolute atomic E-state index is 0.255. The number of rotatable bonds is 6. The van der Waals surface area contributed by atoms with E-state index in [1.165, 1.54) is 0 Å². The van der Waals surface area contributed by atoms with E-state index >= 15 is 0 Å². The molecular weight excluding hydrogens is 206 g/mol. The van der Waals surface area contributed by atoms with Crippen LogP contribution >= 0.6 is 0 Å². The summed E-state index contributed by atoms with van der Waals surface area (Å²) in [6, 6.07) is 0. The highest BCUT2D eigenvalue weighted by molar-refractivity contribution is 5.45. The van der Waals surface area contributed by atoms with Crippen molar-refractivity contribution in [3.63, 3.8) is 0 Å². The molecule has 0 spiro atoms. The molecule has 6 heteroatoms. The topological polar surface area (TPSA) is 96.1 Å². The molecule has 0 aliphatic carbocycles. The third-order valence-electron chi connectivity index (χ3n) is 2.19. The fourth-order valence-corrected chi connectivity index (χ4v) is 1.29. The zero-order chi connectivity index (χ0) is 12.0. The summed E-state index contributed by atoms with van der Waals surface area (Å²) in [5.41, 5.74) is 3.37. The Kier molecular flexibility index (Phi) is 4.94. The Labute approximate surface area is 95.3 Å². The van der Waals surface area contributed by atoms with Crippen molar-refractivity contribution >= 4 is 11.8 Å². The second-order valence-electron chi connectivity index (χ2n) is 3.79. The monoisotopic (exact) mass is 225 g/mol. The van der Waals surface area contributed by atoms with Crippen LogP contribution in [0.25, 0.3) is 0 Å². The van der Waals surface area contributed by atoms with Crippen LogP contribution in [0.1, 0.15) is 25.3 Å².